The Morgan fingerprint density at radius 2 is 1.96 bits per heavy atom. The standard InChI is InChI=1S/C17H19F3N2OS/c1-23-13-2-3-14(15(10-13)17(18,19)20)16(12-4-9-24-11-12)22-7-5-21-6-8-22/h2-4,9-11,16,21H,5-8H2,1H3/t16-/m1/s1. The third-order valence-electron chi connectivity index (χ3n) is 4.24. The van der Waals surface area contributed by atoms with Gasteiger partial charge < -0.3 is 10.1 Å². The van der Waals surface area contributed by atoms with Gasteiger partial charge in [0.05, 0.1) is 18.7 Å². The highest BCUT2D eigenvalue weighted by Gasteiger charge is 2.38. The largest absolute Gasteiger partial charge is 0.497 e. The molecule has 2 heterocycles. The lowest BCUT2D eigenvalue weighted by Gasteiger charge is -2.36. The van der Waals surface area contributed by atoms with Gasteiger partial charge in [-0.15, -0.1) is 0 Å². The Labute approximate surface area is 143 Å². The van der Waals surface area contributed by atoms with Gasteiger partial charge in [-0.25, -0.2) is 0 Å². The Bertz CT molecular complexity index is 667. The highest BCUT2D eigenvalue weighted by atomic mass is 32.1. The van der Waals surface area contributed by atoms with Gasteiger partial charge in [0, 0.05) is 26.2 Å². The van der Waals surface area contributed by atoms with Crippen LogP contribution in [0.5, 0.6) is 5.75 Å². The second-order valence-corrected chi connectivity index (χ2v) is 6.48. The fraction of sp³-hybridized carbons (Fsp3) is 0.412. The first-order valence-electron chi connectivity index (χ1n) is 7.72. The van der Waals surface area contributed by atoms with Gasteiger partial charge in [-0.3, -0.25) is 4.90 Å². The van der Waals surface area contributed by atoms with E-state index in [2.05, 4.69) is 10.2 Å². The van der Waals surface area contributed by atoms with Crippen molar-refractivity contribution in [3.8, 4) is 5.75 Å². The summed E-state index contributed by atoms with van der Waals surface area (Å²) in [5.74, 6) is 0.218. The highest BCUT2D eigenvalue weighted by molar-refractivity contribution is 7.08. The maximum absolute atomic E-state index is 13.7. The number of nitrogens with zero attached hydrogens (tertiary/aromatic N) is 1. The predicted octanol–water partition coefficient (Wildman–Crippen LogP) is 3.77. The summed E-state index contributed by atoms with van der Waals surface area (Å²) < 4.78 is 45.9. The van der Waals surface area contributed by atoms with Crippen LogP contribution in [-0.4, -0.2) is 38.2 Å². The number of thiophene rings is 1. The Morgan fingerprint density at radius 1 is 1.21 bits per heavy atom. The summed E-state index contributed by atoms with van der Waals surface area (Å²) in [6, 6.07) is 5.75. The van der Waals surface area contributed by atoms with Gasteiger partial charge in [-0.1, -0.05) is 6.07 Å². The molecular formula is C17H19F3N2OS. The van der Waals surface area contributed by atoms with Gasteiger partial charge in [0.25, 0.3) is 0 Å². The molecule has 24 heavy (non-hydrogen) atoms. The zero-order chi connectivity index (χ0) is 17.2. The average molecular weight is 356 g/mol. The van der Waals surface area contributed by atoms with E-state index in [0.717, 1.165) is 24.7 Å². The van der Waals surface area contributed by atoms with Crippen LogP contribution in [0, 0.1) is 0 Å². The number of nitrogens with one attached hydrogen (secondary N) is 1. The fourth-order valence-corrected chi connectivity index (χ4v) is 3.78. The first-order valence-corrected chi connectivity index (χ1v) is 8.67. The fourth-order valence-electron chi connectivity index (χ4n) is 3.10. The summed E-state index contributed by atoms with van der Waals surface area (Å²) in [5.41, 5.74) is 0.553. The van der Waals surface area contributed by atoms with Gasteiger partial charge in [-0.05, 0) is 40.1 Å². The van der Waals surface area contributed by atoms with Crippen molar-refractivity contribution in [2.45, 2.75) is 12.2 Å². The number of piperazine rings is 1. The molecule has 1 aromatic carbocycles. The molecule has 3 nitrogen and oxygen atoms in total. The van der Waals surface area contributed by atoms with Gasteiger partial charge in [0.15, 0.2) is 0 Å². The molecule has 7 heteroatoms. The van der Waals surface area contributed by atoms with Gasteiger partial charge >= 0.3 is 6.18 Å². The normalized spacial score (nSPS) is 17.7. The van der Waals surface area contributed by atoms with Crippen molar-refractivity contribution in [1.29, 1.82) is 0 Å². The number of methoxy groups -OCH3 is 1. The van der Waals surface area contributed by atoms with Crippen LogP contribution in [0.25, 0.3) is 0 Å². The van der Waals surface area contributed by atoms with Crippen LogP contribution in [0.1, 0.15) is 22.7 Å². The maximum Gasteiger partial charge on any atom is 0.416 e. The monoisotopic (exact) mass is 356 g/mol. The van der Waals surface area contributed by atoms with E-state index >= 15 is 0 Å². The van der Waals surface area contributed by atoms with Crippen LogP contribution in [-0.2, 0) is 6.18 Å². The first kappa shape index (κ1) is 17.3. The molecule has 1 saturated heterocycles. The minimum absolute atomic E-state index is 0.218. The second-order valence-electron chi connectivity index (χ2n) is 5.70. The number of alkyl halides is 3. The average Bonchev–Trinajstić information content (AvgIpc) is 3.09. The van der Waals surface area contributed by atoms with E-state index < -0.39 is 17.8 Å². The van der Waals surface area contributed by atoms with E-state index in [4.69, 9.17) is 4.74 Å². The van der Waals surface area contributed by atoms with E-state index in [1.54, 1.807) is 12.1 Å². The minimum Gasteiger partial charge on any atom is -0.497 e. The maximum atomic E-state index is 13.7. The number of benzene rings is 1. The van der Waals surface area contributed by atoms with Crippen molar-refractivity contribution >= 4 is 11.3 Å². The van der Waals surface area contributed by atoms with Gasteiger partial charge in [0.1, 0.15) is 5.75 Å². The summed E-state index contributed by atoms with van der Waals surface area (Å²) >= 11 is 1.50. The van der Waals surface area contributed by atoms with Crippen molar-refractivity contribution in [2.24, 2.45) is 0 Å². The van der Waals surface area contributed by atoms with Crippen LogP contribution in [0.2, 0.25) is 0 Å². The SMILES string of the molecule is COc1ccc([C@@H](c2ccsc2)N2CCNCC2)c(C(F)(F)F)c1. The first-order chi connectivity index (χ1) is 11.5. The molecule has 1 aromatic heterocycles. The molecule has 0 bridgehead atoms. The van der Waals surface area contributed by atoms with Crippen LogP contribution < -0.4 is 10.1 Å². The lowest BCUT2D eigenvalue weighted by Crippen LogP contribution is -2.45. The molecule has 0 radical (unpaired) electrons. The predicted molar refractivity (Wildman–Crippen MR) is 88.6 cm³/mol. The number of rotatable bonds is 4. The van der Waals surface area contributed by atoms with Crippen molar-refractivity contribution in [2.75, 3.05) is 33.3 Å². The van der Waals surface area contributed by atoms with Crippen LogP contribution in [0.3, 0.4) is 0 Å². The summed E-state index contributed by atoms with van der Waals surface area (Å²) in [5, 5.41) is 7.08. The van der Waals surface area contributed by atoms with E-state index in [1.165, 1.54) is 18.4 Å². The molecule has 1 aliphatic rings. The smallest absolute Gasteiger partial charge is 0.416 e. The van der Waals surface area contributed by atoms with Crippen molar-refractivity contribution in [3.63, 3.8) is 0 Å². The molecule has 0 spiro atoms. The van der Waals surface area contributed by atoms with Crippen molar-refractivity contribution in [3.05, 3.63) is 51.7 Å². The quantitative estimate of drug-likeness (QED) is 0.903. The van der Waals surface area contributed by atoms with E-state index in [-0.39, 0.29) is 11.3 Å². The number of hydrogen-bond donors (Lipinski definition) is 1. The molecule has 2 aromatic rings. The van der Waals surface area contributed by atoms with E-state index in [9.17, 15) is 13.2 Å². The van der Waals surface area contributed by atoms with Crippen molar-refractivity contribution in [1.82, 2.24) is 10.2 Å². The molecule has 0 amide bonds. The van der Waals surface area contributed by atoms with E-state index in [1.807, 2.05) is 16.8 Å². The lowest BCUT2D eigenvalue weighted by atomic mass is 9.93. The third kappa shape index (κ3) is 3.58. The molecule has 3 rings (SSSR count). The Balaban J connectivity index is 2.10. The zero-order valence-electron chi connectivity index (χ0n) is 13.3. The van der Waals surface area contributed by atoms with Crippen LogP contribution in [0.4, 0.5) is 13.2 Å². The van der Waals surface area contributed by atoms with Gasteiger partial charge in [-0.2, -0.15) is 24.5 Å². The molecule has 1 N–H and O–H groups in total. The summed E-state index contributed by atoms with van der Waals surface area (Å²) in [6.07, 6.45) is -4.42. The zero-order valence-corrected chi connectivity index (χ0v) is 14.1. The molecular weight excluding hydrogens is 337 g/mol. The summed E-state index contributed by atoms with van der Waals surface area (Å²) in [4.78, 5) is 2.11. The Morgan fingerprint density at radius 3 is 2.54 bits per heavy atom. The molecule has 0 unspecified atom stereocenters. The molecule has 1 fully saturated rings. The second kappa shape index (κ2) is 7.13. The minimum atomic E-state index is -4.42. The van der Waals surface area contributed by atoms with Crippen LogP contribution in [0.15, 0.2) is 35.0 Å². The Kier molecular flexibility index (Phi) is 5.12. The topological polar surface area (TPSA) is 24.5 Å². The summed E-state index contributed by atoms with van der Waals surface area (Å²) in [6.45, 7) is 2.98. The number of ether oxygens (including phenoxy) is 1. The Hall–Kier alpha value is -1.57. The van der Waals surface area contributed by atoms with E-state index in [0.29, 0.717) is 13.1 Å². The third-order valence-corrected chi connectivity index (χ3v) is 4.94. The lowest BCUT2D eigenvalue weighted by molar-refractivity contribution is -0.138. The summed E-state index contributed by atoms with van der Waals surface area (Å²) in [7, 11) is 1.38. The molecule has 0 aliphatic carbocycles. The van der Waals surface area contributed by atoms with Crippen LogP contribution >= 0.6 is 11.3 Å². The molecule has 130 valence electrons. The number of hydrogen-bond acceptors (Lipinski definition) is 4. The molecule has 1 atom stereocenters. The van der Waals surface area contributed by atoms with Crippen molar-refractivity contribution < 1.29 is 17.9 Å². The highest BCUT2D eigenvalue weighted by Crippen LogP contribution is 2.41. The van der Waals surface area contributed by atoms with Gasteiger partial charge in [0.2, 0.25) is 0 Å². The number of halogens is 3. The molecule has 1 aliphatic heterocycles. The molecule has 0 saturated carbocycles.